The van der Waals surface area contributed by atoms with Crippen LogP contribution in [-0.2, 0) is 14.3 Å². The minimum absolute atomic E-state index is 0.0207. The van der Waals surface area contributed by atoms with Gasteiger partial charge in [-0.15, -0.1) is 0 Å². The van der Waals surface area contributed by atoms with Crippen LogP contribution in [0.25, 0.3) is 0 Å². The predicted octanol–water partition coefficient (Wildman–Crippen LogP) is 22.4. The Bertz CT molecular complexity index is 1140. The summed E-state index contributed by atoms with van der Waals surface area (Å²) in [6.45, 7) is 4.95. The van der Waals surface area contributed by atoms with Crippen LogP contribution >= 0.6 is 0 Å². The number of hydrogen-bond acceptors (Lipinski definition) is 5. The number of nitrogens with one attached hydrogen (secondary N) is 1. The maximum Gasteiger partial charge on any atom is 0.305 e. The van der Waals surface area contributed by atoms with E-state index in [0.29, 0.717) is 19.4 Å². The van der Waals surface area contributed by atoms with Gasteiger partial charge in [-0.1, -0.05) is 366 Å². The number of aliphatic hydroxyl groups is 2. The number of amides is 1. The molecule has 0 spiro atoms. The van der Waals surface area contributed by atoms with E-state index in [4.69, 9.17) is 4.74 Å². The first-order valence-corrected chi connectivity index (χ1v) is 35.0. The van der Waals surface area contributed by atoms with Gasteiger partial charge in [-0.05, 0) is 32.1 Å². The molecule has 2 unspecified atom stereocenters. The summed E-state index contributed by atoms with van der Waals surface area (Å²) in [5.41, 5.74) is 0. The van der Waals surface area contributed by atoms with Crippen molar-refractivity contribution in [2.24, 2.45) is 0 Å². The van der Waals surface area contributed by atoms with Gasteiger partial charge in [0.15, 0.2) is 0 Å². The van der Waals surface area contributed by atoms with Crippen LogP contribution in [0, 0.1) is 0 Å². The quantitative estimate of drug-likeness (QED) is 0.0320. The average Bonchev–Trinajstić information content (AvgIpc) is 3.42. The molecular weight excluding hydrogens is 935 g/mol. The third kappa shape index (κ3) is 61.8. The average molecular weight is 1070 g/mol. The molecule has 0 rings (SSSR count). The molecule has 0 radical (unpaired) electrons. The number of aliphatic hydroxyl groups excluding tert-OH is 2. The third-order valence-electron chi connectivity index (χ3n) is 16.6. The maximum absolute atomic E-state index is 12.5. The fourth-order valence-corrected chi connectivity index (χ4v) is 11.2. The summed E-state index contributed by atoms with van der Waals surface area (Å²) in [5.74, 6) is -0.0399. The lowest BCUT2D eigenvalue weighted by molar-refractivity contribution is -0.143. The highest BCUT2D eigenvalue weighted by Crippen LogP contribution is 2.19. The van der Waals surface area contributed by atoms with E-state index in [0.717, 1.165) is 38.5 Å². The van der Waals surface area contributed by atoms with Crippen molar-refractivity contribution in [1.29, 1.82) is 0 Å². The zero-order valence-electron chi connectivity index (χ0n) is 51.8. The van der Waals surface area contributed by atoms with Crippen LogP contribution in [0.4, 0.5) is 0 Å². The molecule has 3 N–H and O–H groups in total. The SMILES string of the molecule is CCCCCCCCCCCCCCCCCC/C=C/C(O)C(CO)NC(=O)CCCCCCCCCCCCCCCCCCCCCCCCCCCCCCCOC(=O)CCCCCCCCCCCCCC. The lowest BCUT2D eigenvalue weighted by Crippen LogP contribution is -2.45. The first-order valence-electron chi connectivity index (χ1n) is 35.0. The van der Waals surface area contributed by atoms with Gasteiger partial charge in [-0.3, -0.25) is 9.59 Å². The molecule has 0 aromatic rings. The van der Waals surface area contributed by atoms with Crippen molar-refractivity contribution in [2.75, 3.05) is 13.2 Å². The largest absolute Gasteiger partial charge is 0.466 e. The van der Waals surface area contributed by atoms with Gasteiger partial charge in [0.25, 0.3) is 0 Å². The Morgan fingerprint density at radius 2 is 0.605 bits per heavy atom. The van der Waals surface area contributed by atoms with Crippen molar-refractivity contribution in [2.45, 2.75) is 411 Å². The third-order valence-corrected chi connectivity index (χ3v) is 16.6. The number of carbonyl (C=O) groups excluding carboxylic acids is 2. The summed E-state index contributed by atoms with van der Waals surface area (Å²) in [5, 5.41) is 23.2. The van der Waals surface area contributed by atoms with E-state index in [2.05, 4.69) is 19.2 Å². The summed E-state index contributed by atoms with van der Waals surface area (Å²) in [6, 6.07) is -0.625. The van der Waals surface area contributed by atoms with Crippen LogP contribution in [0.3, 0.4) is 0 Å². The molecule has 0 bridgehead atoms. The van der Waals surface area contributed by atoms with Gasteiger partial charge in [0.2, 0.25) is 5.91 Å². The highest BCUT2D eigenvalue weighted by molar-refractivity contribution is 5.76. The molecule has 0 aromatic carbocycles. The lowest BCUT2D eigenvalue weighted by Gasteiger charge is -2.20. The monoisotopic (exact) mass is 1070 g/mol. The van der Waals surface area contributed by atoms with E-state index >= 15 is 0 Å². The fraction of sp³-hybridized carbons (Fsp3) is 0.943. The molecule has 0 fully saturated rings. The van der Waals surface area contributed by atoms with Crippen molar-refractivity contribution < 1.29 is 24.5 Å². The summed E-state index contributed by atoms with van der Waals surface area (Å²) in [4.78, 5) is 24.5. The lowest BCUT2D eigenvalue weighted by atomic mass is 10.0. The number of rotatable bonds is 66. The first kappa shape index (κ1) is 74.6. The van der Waals surface area contributed by atoms with Crippen molar-refractivity contribution >= 4 is 11.9 Å². The van der Waals surface area contributed by atoms with Crippen molar-refractivity contribution in [3.05, 3.63) is 12.2 Å². The maximum atomic E-state index is 12.5. The van der Waals surface area contributed by atoms with E-state index < -0.39 is 12.1 Å². The van der Waals surface area contributed by atoms with Crippen LogP contribution in [0.2, 0.25) is 0 Å². The molecule has 0 aliphatic rings. The van der Waals surface area contributed by atoms with E-state index in [1.165, 1.54) is 334 Å². The molecule has 0 aliphatic carbocycles. The number of carbonyl (C=O) groups is 2. The van der Waals surface area contributed by atoms with E-state index in [-0.39, 0.29) is 18.5 Å². The van der Waals surface area contributed by atoms with Crippen LogP contribution < -0.4 is 5.32 Å². The van der Waals surface area contributed by atoms with Gasteiger partial charge in [-0.25, -0.2) is 0 Å². The molecule has 0 aromatic heterocycles. The molecule has 452 valence electrons. The summed E-state index contributed by atoms with van der Waals surface area (Å²) >= 11 is 0. The standard InChI is InChI=1S/C70H137NO5/c1-3-5-7-9-11-13-15-17-18-19-33-36-39-42-46-50-54-58-62-68(73)67(66-72)71-69(74)63-59-55-51-47-43-40-37-34-31-29-27-25-23-21-20-22-24-26-28-30-32-35-38-41-45-49-53-57-61-65-76-70(75)64-60-56-52-48-44-16-14-12-10-8-6-4-2/h58,62,67-68,72-73H,3-57,59-61,63-66H2,1-2H3,(H,71,74)/b62-58+. The molecule has 6 nitrogen and oxygen atoms in total. The Morgan fingerprint density at radius 1 is 0.355 bits per heavy atom. The van der Waals surface area contributed by atoms with Crippen LogP contribution in [0.5, 0.6) is 0 Å². The molecule has 1 amide bonds. The van der Waals surface area contributed by atoms with Crippen LogP contribution in [0.15, 0.2) is 12.2 Å². The molecule has 0 heterocycles. The molecule has 2 atom stereocenters. The number of unbranched alkanes of at least 4 members (excludes halogenated alkanes) is 55. The smallest absolute Gasteiger partial charge is 0.305 e. The number of hydrogen-bond donors (Lipinski definition) is 3. The zero-order valence-corrected chi connectivity index (χ0v) is 51.8. The summed E-state index contributed by atoms with van der Waals surface area (Å²) < 4.78 is 5.48. The number of ether oxygens (including phenoxy) is 1. The minimum atomic E-state index is -0.842. The second-order valence-corrected chi connectivity index (χ2v) is 24.2. The summed E-state index contributed by atoms with van der Waals surface area (Å²) in [7, 11) is 0. The van der Waals surface area contributed by atoms with Gasteiger partial charge in [0, 0.05) is 12.8 Å². The normalized spacial score (nSPS) is 12.5. The minimum Gasteiger partial charge on any atom is -0.466 e. The van der Waals surface area contributed by atoms with Gasteiger partial charge >= 0.3 is 5.97 Å². The Morgan fingerprint density at radius 3 is 0.895 bits per heavy atom. The van der Waals surface area contributed by atoms with Crippen LogP contribution in [0.1, 0.15) is 399 Å². The van der Waals surface area contributed by atoms with Gasteiger partial charge in [0.1, 0.15) is 0 Å². The summed E-state index contributed by atoms with van der Waals surface area (Å²) in [6.07, 6.45) is 81.5. The van der Waals surface area contributed by atoms with Gasteiger partial charge in [0.05, 0.1) is 25.4 Å². The molecular formula is C70H137NO5. The molecule has 0 saturated carbocycles. The molecule has 6 heteroatoms. The van der Waals surface area contributed by atoms with E-state index in [1.54, 1.807) is 6.08 Å². The molecule has 0 saturated heterocycles. The van der Waals surface area contributed by atoms with Crippen molar-refractivity contribution in [1.82, 2.24) is 5.32 Å². The van der Waals surface area contributed by atoms with Crippen molar-refractivity contribution in [3.8, 4) is 0 Å². The molecule has 0 aliphatic heterocycles. The van der Waals surface area contributed by atoms with Gasteiger partial charge < -0.3 is 20.3 Å². The van der Waals surface area contributed by atoms with E-state index in [9.17, 15) is 19.8 Å². The number of esters is 1. The Kier molecular flexibility index (Phi) is 64.9. The van der Waals surface area contributed by atoms with Crippen LogP contribution in [-0.4, -0.2) is 47.4 Å². The Labute approximate surface area is 476 Å². The topological polar surface area (TPSA) is 95.9 Å². The second kappa shape index (κ2) is 66.1. The highest BCUT2D eigenvalue weighted by atomic mass is 16.5. The number of allylic oxidation sites excluding steroid dienone is 1. The fourth-order valence-electron chi connectivity index (χ4n) is 11.2. The van der Waals surface area contributed by atoms with E-state index in [1.807, 2.05) is 6.08 Å². The molecule has 76 heavy (non-hydrogen) atoms. The zero-order chi connectivity index (χ0) is 55.0. The predicted molar refractivity (Wildman–Crippen MR) is 333 cm³/mol. The van der Waals surface area contributed by atoms with Crippen molar-refractivity contribution in [3.63, 3.8) is 0 Å². The second-order valence-electron chi connectivity index (χ2n) is 24.2. The highest BCUT2D eigenvalue weighted by Gasteiger charge is 2.18. The first-order chi connectivity index (χ1) is 37.5. The Balaban J connectivity index is 3.35. The Hall–Kier alpha value is -1.40. The van der Waals surface area contributed by atoms with Gasteiger partial charge in [-0.2, -0.15) is 0 Å².